The van der Waals surface area contributed by atoms with Crippen LogP contribution in [0, 0.1) is 23.7 Å². The van der Waals surface area contributed by atoms with Crippen molar-refractivity contribution in [2.75, 3.05) is 6.54 Å². The Bertz CT molecular complexity index is 1920. The molecule has 2 heterocycles. The first-order chi connectivity index (χ1) is 28.5. The molecule has 10 rings (SSSR count). The third-order valence-electron chi connectivity index (χ3n) is 14.6. The zero-order chi connectivity index (χ0) is 40.7. The second kappa shape index (κ2) is 16.9. The van der Waals surface area contributed by atoms with Crippen LogP contribution in [-0.4, -0.2) is 57.8 Å². The first-order valence-electron chi connectivity index (χ1n) is 22.8. The molecule has 316 valence electrons. The van der Waals surface area contributed by atoms with Crippen molar-refractivity contribution in [3.05, 3.63) is 95.1 Å². The van der Waals surface area contributed by atoms with Crippen molar-refractivity contribution >= 4 is 11.9 Å². The van der Waals surface area contributed by atoms with Crippen molar-refractivity contribution < 1.29 is 24.2 Å². The summed E-state index contributed by atoms with van der Waals surface area (Å²) < 4.78 is 13.8. The van der Waals surface area contributed by atoms with Gasteiger partial charge in [-0.3, -0.25) is 9.69 Å². The molecular weight excluding hydrogens is 737 g/mol. The number of hydrogen-bond donors (Lipinski definition) is 4. The summed E-state index contributed by atoms with van der Waals surface area (Å²) in [6, 6.07) is 25.1. The molecule has 0 spiro atoms. The molecule has 9 heteroatoms. The lowest BCUT2D eigenvalue weighted by atomic mass is 9.53. The number of carbonyl (C=O) groups is 2. The van der Waals surface area contributed by atoms with E-state index in [4.69, 9.17) is 9.47 Å². The SMILES string of the molecule is CC(C)(C)NC(=O)C1CCC2CCCCC2N1CC1CC(c2ccc(CO)cc2)OC(c2cccc(-c3cccc(CNC(=O)NC45CC6CC(CC(C6)C4)C5)c3)c2)O1. The van der Waals surface area contributed by atoms with Crippen LogP contribution in [0.25, 0.3) is 11.1 Å². The molecular formula is C50H66N4O5. The van der Waals surface area contributed by atoms with Crippen molar-refractivity contribution in [1.82, 2.24) is 20.9 Å². The van der Waals surface area contributed by atoms with Crippen molar-refractivity contribution in [2.24, 2.45) is 23.7 Å². The predicted molar refractivity (Wildman–Crippen MR) is 230 cm³/mol. The first-order valence-corrected chi connectivity index (χ1v) is 22.8. The molecule has 59 heavy (non-hydrogen) atoms. The number of nitrogens with zero attached hydrogens (tertiary/aromatic N) is 1. The van der Waals surface area contributed by atoms with E-state index < -0.39 is 6.29 Å². The van der Waals surface area contributed by atoms with E-state index in [2.05, 4.69) is 102 Å². The van der Waals surface area contributed by atoms with E-state index in [1.165, 1.54) is 38.5 Å². The molecule has 4 N–H and O–H groups in total. The van der Waals surface area contributed by atoms with Crippen LogP contribution in [0.3, 0.4) is 0 Å². The normalized spacial score (nSPS) is 32.9. The zero-order valence-electron chi connectivity index (χ0n) is 35.5. The third kappa shape index (κ3) is 9.29. The molecule has 6 atom stereocenters. The van der Waals surface area contributed by atoms with Crippen LogP contribution < -0.4 is 16.0 Å². The smallest absolute Gasteiger partial charge is 0.315 e. The van der Waals surface area contributed by atoms with Gasteiger partial charge in [-0.05, 0) is 149 Å². The van der Waals surface area contributed by atoms with Crippen LogP contribution >= 0.6 is 0 Å². The molecule has 0 aromatic heterocycles. The second-order valence-corrected chi connectivity index (χ2v) is 20.3. The summed E-state index contributed by atoms with van der Waals surface area (Å²) in [5, 5.41) is 19.7. The average Bonchev–Trinajstić information content (AvgIpc) is 3.22. The maximum absolute atomic E-state index is 13.9. The van der Waals surface area contributed by atoms with Crippen molar-refractivity contribution in [1.29, 1.82) is 0 Å². The molecule has 3 aromatic carbocycles. The van der Waals surface area contributed by atoms with Gasteiger partial charge in [0.05, 0.1) is 24.9 Å². The summed E-state index contributed by atoms with van der Waals surface area (Å²) in [6.45, 7) is 7.30. The van der Waals surface area contributed by atoms with Crippen molar-refractivity contribution in [3.8, 4) is 11.1 Å². The lowest BCUT2D eigenvalue weighted by Gasteiger charge is -2.56. The maximum Gasteiger partial charge on any atom is 0.315 e. The summed E-state index contributed by atoms with van der Waals surface area (Å²) in [5.74, 6) is 3.08. The molecule has 9 nitrogen and oxygen atoms in total. The van der Waals surface area contributed by atoms with Crippen molar-refractivity contribution in [3.63, 3.8) is 0 Å². The minimum Gasteiger partial charge on any atom is -0.392 e. The first kappa shape index (κ1) is 40.6. The summed E-state index contributed by atoms with van der Waals surface area (Å²) in [7, 11) is 0. The minimum absolute atomic E-state index is 0.00517. The van der Waals surface area contributed by atoms with E-state index in [0.717, 1.165) is 89.7 Å². The van der Waals surface area contributed by atoms with Gasteiger partial charge < -0.3 is 30.5 Å². The monoisotopic (exact) mass is 803 g/mol. The van der Waals surface area contributed by atoms with Gasteiger partial charge in [0.15, 0.2) is 6.29 Å². The fourth-order valence-corrected chi connectivity index (χ4v) is 12.5. The van der Waals surface area contributed by atoms with Crippen LogP contribution in [0.2, 0.25) is 0 Å². The Morgan fingerprint density at radius 3 is 2.19 bits per heavy atom. The molecule has 4 bridgehead atoms. The van der Waals surface area contributed by atoms with Crippen molar-refractivity contribution in [2.45, 2.75) is 159 Å². The second-order valence-electron chi connectivity index (χ2n) is 20.3. The summed E-state index contributed by atoms with van der Waals surface area (Å²) >= 11 is 0. The van der Waals surface area contributed by atoms with E-state index in [1.807, 2.05) is 12.1 Å². The quantitative estimate of drug-likeness (QED) is 0.163. The number of aliphatic hydroxyl groups excluding tert-OH is 1. The minimum atomic E-state index is -0.608. The van der Waals surface area contributed by atoms with Gasteiger partial charge in [-0.25, -0.2) is 4.79 Å². The highest BCUT2D eigenvalue weighted by molar-refractivity contribution is 5.82. The highest BCUT2D eigenvalue weighted by Gasteiger charge is 2.51. The van der Waals surface area contributed by atoms with E-state index in [9.17, 15) is 14.7 Å². The lowest BCUT2D eigenvalue weighted by Crippen LogP contribution is -2.61. The summed E-state index contributed by atoms with van der Waals surface area (Å²) in [5.41, 5.74) is 5.73. The Labute approximate surface area is 351 Å². The van der Waals surface area contributed by atoms with E-state index in [-0.39, 0.29) is 47.9 Å². The Hall–Kier alpha value is -3.76. The Morgan fingerprint density at radius 2 is 1.47 bits per heavy atom. The Kier molecular flexibility index (Phi) is 11.7. The molecule has 5 aliphatic carbocycles. The number of fused-ring (bicyclic) bond motifs is 1. The number of piperidine rings is 1. The highest BCUT2D eigenvalue weighted by Crippen LogP contribution is 2.55. The number of likely N-dealkylation sites (tertiary alicyclic amines) is 1. The molecule has 3 aromatic rings. The number of nitrogens with one attached hydrogen (secondary N) is 3. The van der Waals surface area contributed by atoms with Gasteiger partial charge in [0.2, 0.25) is 5.91 Å². The summed E-state index contributed by atoms with van der Waals surface area (Å²) in [4.78, 5) is 29.7. The molecule has 2 saturated heterocycles. The van der Waals surface area contributed by atoms with E-state index in [0.29, 0.717) is 31.5 Å². The van der Waals surface area contributed by atoms with Gasteiger partial charge in [0.1, 0.15) is 0 Å². The van der Waals surface area contributed by atoms with Gasteiger partial charge in [0, 0.05) is 42.2 Å². The lowest BCUT2D eigenvalue weighted by molar-refractivity contribution is -0.255. The average molecular weight is 803 g/mol. The molecule has 3 amide bonds. The molecule has 7 aliphatic rings. The van der Waals surface area contributed by atoms with Gasteiger partial charge in [-0.15, -0.1) is 0 Å². The topological polar surface area (TPSA) is 112 Å². The molecule has 5 saturated carbocycles. The fraction of sp³-hybridized carbons (Fsp3) is 0.600. The number of hydrogen-bond acceptors (Lipinski definition) is 6. The van der Waals surface area contributed by atoms with Crippen LogP contribution in [-0.2, 0) is 27.4 Å². The molecule has 7 fully saturated rings. The molecule has 6 unspecified atom stereocenters. The predicted octanol–water partition coefficient (Wildman–Crippen LogP) is 9.10. The third-order valence-corrected chi connectivity index (χ3v) is 14.6. The van der Waals surface area contributed by atoms with Crippen LogP contribution in [0.4, 0.5) is 4.79 Å². The maximum atomic E-state index is 13.9. The zero-order valence-corrected chi connectivity index (χ0v) is 35.5. The summed E-state index contributed by atoms with van der Waals surface area (Å²) in [6.07, 6.45) is 13.9. The number of benzene rings is 3. The number of amides is 3. The highest BCUT2D eigenvalue weighted by atomic mass is 16.7. The molecule has 2 aliphatic heterocycles. The Morgan fingerprint density at radius 1 is 0.780 bits per heavy atom. The van der Waals surface area contributed by atoms with Gasteiger partial charge in [-0.2, -0.15) is 0 Å². The van der Waals surface area contributed by atoms with Gasteiger partial charge >= 0.3 is 6.03 Å². The number of rotatable bonds is 10. The number of aliphatic hydroxyl groups is 1. The molecule has 0 radical (unpaired) electrons. The van der Waals surface area contributed by atoms with Crippen LogP contribution in [0.15, 0.2) is 72.8 Å². The number of ether oxygens (including phenoxy) is 2. The number of carbonyl (C=O) groups excluding carboxylic acids is 2. The van der Waals surface area contributed by atoms with Crippen LogP contribution in [0.1, 0.15) is 139 Å². The van der Waals surface area contributed by atoms with Crippen LogP contribution in [0.5, 0.6) is 0 Å². The number of urea groups is 1. The van der Waals surface area contributed by atoms with E-state index >= 15 is 0 Å². The van der Waals surface area contributed by atoms with Gasteiger partial charge in [0.25, 0.3) is 0 Å². The Balaban J connectivity index is 0.925. The van der Waals surface area contributed by atoms with Gasteiger partial charge in [-0.1, -0.05) is 73.5 Å². The fourth-order valence-electron chi connectivity index (χ4n) is 12.5. The standard InChI is InChI=1S/C50H66N4O5/c1-49(2,3)52-46(56)44-19-18-37-9-4-5-13-43(37)54(44)30-42-25-45(38-16-14-32(31-55)15-17-38)59-47(58-42)41-12-7-11-40(24-41)39-10-6-8-33(23-39)29-51-48(57)53-50-26-34-20-35(27-50)22-36(21-34)28-50/h6-8,10-12,14-17,23-24,34-37,42-45,47,55H,4-5,9,13,18-22,25-31H2,1-3H3,(H,52,56)(H2,51,53,57). The largest absolute Gasteiger partial charge is 0.392 e. The van der Waals surface area contributed by atoms with E-state index in [1.54, 1.807) is 0 Å².